The zero-order chi connectivity index (χ0) is 14.8. The molecule has 0 amide bonds. The maximum absolute atomic E-state index is 13.6. The fourth-order valence-corrected chi connectivity index (χ4v) is 2.51. The van der Waals surface area contributed by atoms with Crippen LogP contribution in [0.3, 0.4) is 0 Å². The van der Waals surface area contributed by atoms with Crippen molar-refractivity contribution < 1.29 is 17.2 Å². The van der Waals surface area contributed by atoms with Crippen LogP contribution in [-0.2, 0) is 16.6 Å². The molecule has 0 radical (unpaired) electrons. The van der Waals surface area contributed by atoms with Crippen molar-refractivity contribution in [3.05, 3.63) is 46.4 Å². The number of anilines is 1. The number of hydrogen-bond donors (Lipinski definition) is 2. The molecule has 0 saturated heterocycles. The van der Waals surface area contributed by atoms with Gasteiger partial charge in [0.05, 0.1) is 12.2 Å². The van der Waals surface area contributed by atoms with Gasteiger partial charge >= 0.3 is 0 Å². The second kappa shape index (κ2) is 5.94. The van der Waals surface area contributed by atoms with Crippen LogP contribution in [0.25, 0.3) is 0 Å². The van der Waals surface area contributed by atoms with Crippen LogP contribution >= 0.6 is 15.9 Å². The highest BCUT2D eigenvalue weighted by Gasteiger charge is 2.16. The molecule has 0 spiro atoms. The van der Waals surface area contributed by atoms with Crippen molar-refractivity contribution in [2.24, 2.45) is 0 Å². The fraction of sp³-hybridized carbons (Fsp3) is 0.167. The summed E-state index contributed by atoms with van der Waals surface area (Å²) in [6.45, 7) is 0.178. The molecule has 0 aliphatic rings. The van der Waals surface area contributed by atoms with Crippen molar-refractivity contribution in [3.63, 3.8) is 0 Å². The number of sulfonamides is 1. The second-order valence-electron chi connectivity index (χ2n) is 3.91. The molecule has 2 rings (SSSR count). The van der Waals surface area contributed by atoms with Crippen molar-refractivity contribution in [1.82, 2.24) is 4.72 Å². The van der Waals surface area contributed by atoms with Crippen molar-refractivity contribution in [3.8, 4) is 0 Å². The standard InChI is InChI=1S/C12H12BrFN2O3S/c1-15-20(17,18)12-5-3-9(19-12)7-16-11-4-2-8(13)6-10(11)14/h2-6,15-16H,7H2,1H3. The Balaban J connectivity index is 2.08. The average molecular weight is 363 g/mol. The molecule has 1 aromatic heterocycles. The first kappa shape index (κ1) is 15.0. The Kier molecular flexibility index (Phi) is 4.46. The van der Waals surface area contributed by atoms with Crippen LogP contribution in [0.5, 0.6) is 0 Å². The predicted octanol–water partition coefficient (Wildman–Crippen LogP) is 2.70. The first-order chi connectivity index (χ1) is 9.42. The van der Waals surface area contributed by atoms with E-state index in [4.69, 9.17) is 4.42 Å². The lowest BCUT2D eigenvalue weighted by atomic mass is 10.3. The lowest BCUT2D eigenvalue weighted by molar-refractivity contribution is 0.417. The van der Waals surface area contributed by atoms with E-state index in [1.54, 1.807) is 12.1 Å². The second-order valence-corrected chi connectivity index (χ2v) is 6.64. The molecule has 108 valence electrons. The van der Waals surface area contributed by atoms with E-state index in [1.807, 2.05) is 0 Å². The number of rotatable bonds is 5. The van der Waals surface area contributed by atoms with Crippen LogP contribution in [0, 0.1) is 5.82 Å². The first-order valence-corrected chi connectivity index (χ1v) is 7.91. The summed E-state index contributed by atoms with van der Waals surface area (Å²) in [5.74, 6) is -0.0184. The maximum atomic E-state index is 13.6. The molecule has 0 aliphatic heterocycles. The Labute approximate surface area is 124 Å². The molecular formula is C12H12BrFN2O3S. The average Bonchev–Trinajstić information content (AvgIpc) is 2.87. The first-order valence-electron chi connectivity index (χ1n) is 5.63. The quantitative estimate of drug-likeness (QED) is 0.857. The van der Waals surface area contributed by atoms with Gasteiger partial charge in [0.15, 0.2) is 0 Å². The molecule has 5 nitrogen and oxygen atoms in total. The minimum atomic E-state index is -3.60. The zero-order valence-electron chi connectivity index (χ0n) is 10.5. The lowest BCUT2D eigenvalue weighted by Gasteiger charge is -2.06. The minimum absolute atomic E-state index is 0.173. The van der Waals surface area contributed by atoms with Gasteiger partial charge < -0.3 is 9.73 Å². The van der Waals surface area contributed by atoms with Gasteiger partial charge in [0.25, 0.3) is 10.0 Å². The molecule has 1 heterocycles. The summed E-state index contributed by atoms with van der Waals surface area (Å²) >= 11 is 3.17. The molecule has 0 fully saturated rings. The Morgan fingerprint density at radius 2 is 2.05 bits per heavy atom. The van der Waals surface area contributed by atoms with Crippen LogP contribution in [0.1, 0.15) is 5.76 Å². The van der Waals surface area contributed by atoms with Crippen LogP contribution in [0.15, 0.2) is 44.3 Å². The number of benzene rings is 1. The lowest BCUT2D eigenvalue weighted by Crippen LogP contribution is -2.17. The fourth-order valence-electron chi connectivity index (χ4n) is 1.51. The van der Waals surface area contributed by atoms with Gasteiger partial charge in [0, 0.05) is 4.47 Å². The highest BCUT2D eigenvalue weighted by molar-refractivity contribution is 9.10. The monoisotopic (exact) mass is 362 g/mol. The molecule has 8 heteroatoms. The number of halogens is 2. The van der Waals surface area contributed by atoms with E-state index in [-0.39, 0.29) is 11.6 Å². The molecule has 1 aromatic carbocycles. The van der Waals surface area contributed by atoms with Gasteiger partial charge in [-0.15, -0.1) is 0 Å². The Bertz CT molecular complexity index is 715. The summed E-state index contributed by atoms with van der Waals surface area (Å²) in [5.41, 5.74) is 0.308. The maximum Gasteiger partial charge on any atom is 0.273 e. The van der Waals surface area contributed by atoms with E-state index < -0.39 is 15.8 Å². The highest BCUT2D eigenvalue weighted by Crippen LogP contribution is 2.21. The summed E-state index contributed by atoms with van der Waals surface area (Å²) in [5, 5.41) is 2.66. The van der Waals surface area contributed by atoms with Gasteiger partial charge in [0.1, 0.15) is 11.6 Å². The largest absolute Gasteiger partial charge is 0.446 e. The summed E-state index contributed by atoms with van der Waals surface area (Å²) < 4.78 is 44.5. The summed E-state index contributed by atoms with van der Waals surface area (Å²) in [4.78, 5) is 0. The van der Waals surface area contributed by atoms with Crippen molar-refractivity contribution in [2.45, 2.75) is 11.6 Å². The molecule has 0 unspecified atom stereocenters. The molecule has 0 aliphatic carbocycles. The van der Waals surface area contributed by atoms with Gasteiger partial charge in [0.2, 0.25) is 5.09 Å². The third-order valence-corrected chi connectivity index (χ3v) is 4.33. The molecular weight excluding hydrogens is 351 g/mol. The SMILES string of the molecule is CNS(=O)(=O)c1ccc(CNc2ccc(Br)cc2F)o1. The molecule has 2 N–H and O–H groups in total. The third kappa shape index (κ3) is 3.38. The van der Waals surface area contributed by atoms with Gasteiger partial charge in [-0.2, -0.15) is 0 Å². The van der Waals surface area contributed by atoms with Crippen molar-refractivity contribution in [2.75, 3.05) is 12.4 Å². The van der Waals surface area contributed by atoms with Crippen LogP contribution in [-0.4, -0.2) is 15.5 Å². The molecule has 0 saturated carbocycles. The van der Waals surface area contributed by atoms with Crippen LogP contribution in [0.2, 0.25) is 0 Å². The topological polar surface area (TPSA) is 71.3 Å². The third-order valence-electron chi connectivity index (χ3n) is 2.55. The van der Waals surface area contributed by atoms with Gasteiger partial charge in [-0.1, -0.05) is 15.9 Å². The number of nitrogens with one attached hydrogen (secondary N) is 2. The van der Waals surface area contributed by atoms with Gasteiger partial charge in [-0.3, -0.25) is 0 Å². The van der Waals surface area contributed by atoms with E-state index in [0.29, 0.717) is 15.9 Å². The number of furan rings is 1. The molecule has 20 heavy (non-hydrogen) atoms. The van der Waals surface area contributed by atoms with Crippen LogP contribution < -0.4 is 10.0 Å². The smallest absolute Gasteiger partial charge is 0.273 e. The zero-order valence-corrected chi connectivity index (χ0v) is 12.9. The van der Waals surface area contributed by atoms with Crippen molar-refractivity contribution >= 4 is 31.6 Å². The van der Waals surface area contributed by atoms with E-state index in [2.05, 4.69) is 26.0 Å². The van der Waals surface area contributed by atoms with Crippen molar-refractivity contribution in [1.29, 1.82) is 0 Å². The van der Waals surface area contributed by atoms with E-state index in [9.17, 15) is 12.8 Å². The molecule has 0 bridgehead atoms. The normalized spacial score (nSPS) is 11.6. The van der Waals surface area contributed by atoms with E-state index in [0.717, 1.165) is 0 Å². The van der Waals surface area contributed by atoms with Gasteiger partial charge in [-0.05, 0) is 37.4 Å². The predicted molar refractivity (Wildman–Crippen MR) is 76.4 cm³/mol. The van der Waals surface area contributed by atoms with Gasteiger partial charge in [-0.25, -0.2) is 17.5 Å². The number of hydrogen-bond acceptors (Lipinski definition) is 4. The Morgan fingerprint density at radius 3 is 2.70 bits per heavy atom. The van der Waals surface area contributed by atoms with E-state index in [1.165, 1.54) is 25.2 Å². The van der Waals surface area contributed by atoms with E-state index >= 15 is 0 Å². The van der Waals surface area contributed by atoms with Crippen LogP contribution in [0.4, 0.5) is 10.1 Å². The molecule has 2 aromatic rings. The summed E-state index contributed by atoms with van der Waals surface area (Å²) in [7, 11) is -2.30. The summed E-state index contributed by atoms with van der Waals surface area (Å²) in [6.07, 6.45) is 0. The highest BCUT2D eigenvalue weighted by atomic mass is 79.9. The Morgan fingerprint density at radius 1 is 1.30 bits per heavy atom. The minimum Gasteiger partial charge on any atom is -0.446 e. The molecule has 0 atom stereocenters. The Hall–Kier alpha value is -1.38. The summed E-state index contributed by atoms with van der Waals surface area (Å²) in [6, 6.07) is 7.48.